The van der Waals surface area contributed by atoms with Crippen molar-refractivity contribution in [1.82, 2.24) is 4.98 Å². The van der Waals surface area contributed by atoms with Crippen LogP contribution in [0, 0.1) is 6.92 Å². The summed E-state index contributed by atoms with van der Waals surface area (Å²) in [5.74, 6) is 0.791. The second kappa shape index (κ2) is 7.79. The van der Waals surface area contributed by atoms with Crippen molar-refractivity contribution in [2.24, 2.45) is 0 Å². The molecule has 120 valence electrons. The van der Waals surface area contributed by atoms with Crippen LogP contribution in [-0.4, -0.2) is 23.8 Å². The minimum atomic E-state index is -0.767. The third kappa shape index (κ3) is 5.31. The summed E-state index contributed by atoms with van der Waals surface area (Å²) >= 11 is 0. The minimum absolute atomic E-state index is 0.242. The number of ether oxygens (including phenoxy) is 2. The number of nitrogens with zero attached hydrogens (tertiary/aromatic N) is 1. The Morgan fingerprint density at radius 1 is 1.13 bits per heavy atom. The standard InChI is InChI=1S/C16H17N3O4/c1-3-22-16(21)23-13-6-4-12(5-7-13)18-15(20)19-14-10-11(2)8-9-17-14/h4-10H,3H2,1-2H3,(H2,17,18,19,20). The molecule has 0 unspecified atom stereocenters. The first-order valence-corrected chi connectivity index (χ1v) is 7.02. The van der Waals surface area contributed by atoms with Crippen LogP contribution >= 0.6 is 0 Å². The highest BCUT2D eigenvalue weighted by atomic mass is 16.7. The Labute approximate surface area is 133 Å². The minimum Gasteiger partial charge on any atom is -0.434 e. The first-order valence-electron chi connectivity index (χ1n) is 7.02. The number of aromatic nitrogens is 1. The maximum atomic E-state index is 11.9. The number of aryl methyl sites for hydroxylation is 1. The van der Waals surface area contributed by atoms with E-state index in [1.807, 2.05) is 13.0 Å². The molecule has 7 heteroatoms. The lowest BCUT2D eigenvalue weighted by Gasteiger charge is -2.08. The van der Waals surface area contributed by atoms with E-state index in [2.05, 4.69) is 20.4 Å². The molecule has 0 spiro atoms. The normalized spacial score (nSPS) is 9.83. The van der Waals surface area contributed by atoms with Crippen LogP contribution in [0.1, 0.15) is 12.5 Å². The van der Waals surface area contributed by atoms with E-state index < -0.39 is 12.2 Å². The summed E-state index contributed by atoms with van der Waals surface area (Å²) in [7, 11) is 0. The summed E-state index contributed by atoms with van der Waals surface area (Å²) in [6, 6.07) is 9.51. The van der Waals surface area contributed by atoms with Crippen molar-refractivity contribution in [1.29, 1.82) is 0 Å². The first kappa shape index (κ1) is 16.3. The van der Waals surface area contributed by atoms with Gasteiger partial charge in [0.1, 0.15) is 11.6 Å². The van der Waals surface area contributed by atoms with Crippen molar-refractivity contribution in [3.05, 3.63) is 48.2 Å². The molecule has 1 aromatic heterocycles. The molecule has 2 amide bonds. The molecule has 0 atom stereocenters. The monoisotopic (exact) mass is 315 g/mol. The van der Waals surface area contributed by atoms with Crippen molar-refractivity contribution >= 4 is 23.7 Å². The summed E-state index contributed by atoms with van der Waals surface area (Å²) in [6.45, 7) is 3.84. The van der Waals surface area contributed by atoms with Gasteiger partial charge in [0.25, 0.3) is 0 Å². The number of nitrogens with one attached hydrogen (secondary N) is 2. The number of urea groups is 1. The van der Waals surface area contributed by atoms with Crippen LogP contribution in [0.5, 0.6) is 5.75 Å². The van der Waals surface area contributed by atoms with E-state index in [1.54, 1.807) is 43.5 Å². The highest BCUT2D eigenvalue weighted by molar-refractivity contribution is 5.99. The topological polar surface area (TPSA) is 89.5 Å². The average molecular weight is 315 g/mol. The summed E-state index contributed by atoms with van der Waals surface area (Å²) < 4.78 is 9.59. The molecule has 7 nitrogen and oxygen atoms in total. The molecule has 2 N–H and O–H groups in total. The lowest BCUT2D eigenvalue weighted by atomic mass is 10.3. The number of benzene rings is 1. The second-order valence-corrected chi connectivity index (χ2v) is 4.61. The van der Waals surface area contributed by atoms with Gasteiger partial charge in [-0.15, -0.1) is 0 Å². The smallest absolute Gasteiger partial charge is 0.434 e. The number of rotatable bonds is 4. The van der Waals surface area contributed by atoms with E-state index in [0.29, 0.717) is 17.3 Å². The van der Waals surface area contributed by atoms with Gasteiger partial charge in [-0.1, -0.05) is 0 Å². The van der Waals surface area contributed by atoms with Gasteiger partial charge in [-0.2, -0.15) is 0 Å². The van der Waals surface area contributed by atoms with Gasteiger partial charge in [-0.05, 0) is 55.8 Å². The molecule has 0 saturated heterocycles. The van der Waals surface area contributed by atoms with E-state index in [1.165, 1.54) is 0 Å². The van der Waals surface area contributed by atoms with Gasteiger partial charge in [-0.25, -0.2) is 14.6 Å². The first-order chi connectivity index (χ1) is 11.1. The van der Waals surface area contributed by atoms with Crippen LogP contribution in [0.15, 0.2) is 42.6 Å². The second-order valence-electron chi connectivity index (χ2n) is 4.61. The SMILES string of the molecule is CCOC(=O)Oc1ccc(NC(=O)Nc2cc(C)ccn2)cc1. The Morgan fingerprint density at radius 2 is 1.87 bits per heavy atom. The van der Waals surface area contributed by atoms with E-state index in [-0.39, 0.29) is 6.61 Å². The number of carbonyl (C=O) groups excluding carboxylic acids is 2. The maximum absolute atomic E-state index is 11.9. The van der Waals surface area contributed by atoms with E-state index >= 15 is 0 Å². The Bertz CT molecular complexity index is 686. The summed E-state index contributed by atoms with van der Waals surface area (Å²) in [4.78, 5) is 27.1. The van der Waals surface area contributed by atoms with Crippen LogP contribution in [0.3, 0.4) is 0 Å². The molecule has 1 aromatic carbocycles. The Balaban J connectivity index is 1.90. The molecule has 0 bridgehead atoms. The molecule has 23 heavy (non-hydrogen) atoms. The van der Waals surface area contributed by atoms with Gasteiger partial charge in [0.05, 0.1) is 6.61 Å². The number of amides is 2. The average Bonchev–Trinajstić information content (AvgIpc) is 2.49. The maximum Gasteiger partial charge on any atom is 0.513 e. The van der Waals surface area contributed by atoms with Crippen LogP contribution in [0.25, 0.3) is 0 Å². The predicted octanol–water partition coefficient (Wildman–Crippen LogP) is 3.57. The fourth-order valence-electron chi connectivity index (χ4n) is 1.73. The largest absolute Gasteiger partial charge is 0.513 e. The van der Waals surface area contributed by atoms with Crippen LogP contribution in [-0.2, 0) is 4.74 Å². The van der Waals surface area contributed by atoms with Crippen LogP contribution < -0.4 is 15.4 Å². The highest BCUT2D eigenvalue weighted by Gasteiger charge is 2.06. The molecule has 2 rings (SSSR count). The molecule has 0 aliphatic rings. The number of pyridine rings is 1. The van der Waals surface area contributed by atoms with Crippen molar-refractivity contribution in [3.63, 3.8) is 0 Å². The quantitative estimate of drug-likeness (QED) is 0.665. The highest BCUT2D eigenvalue weighted by Crippen LogP contribution is 2.16. The lowest BCUT2D eigenvalue weighted by Crippen LogP contribution is -2.20. The molecule has 2 aromatic rings. The van der Waals surface area contributed by atoms with Crippen LogP contribution in [0.2, 0.25) is 0 Å². The third-order valence-corrected chi connectivity index (χ3v) is 2.73. The van der Waals surface area contributed by atoms with Crippen molar-refractivity contribution in [2.75, 3.05) is 17.2 Å². The van der Waals surface area contributed by atoms with Crippen molar-refractivity contribution in [3.8, 4) is 5.75 Å². The molecule has 0 fully saturated rings. The van der Waals surface area contributed by atoms with E-state index in [4.69, 9.17) is 4.74 Å². The summed E-state index contributed by atoms with van der Waals surface area (Å²) in [5.41, 5.74) is 1.54. The van der Waals surface area contributed by atoms with Crippen LogP contribution in [0.4, 0.5) is 21.1 Å². The van der Waals surface area contributed by atoms with Gasteiger partial charge in [0, 0.05) is 11.9 Å². The van der Waals surface area contributed by atoms with E-state index in [0.717, 1.165) is 5.56 Å². The molecular weight excluding hydrogens is 298 g/mol. The molecule has 0 saturated carbocycles. The predicted molar refractivity (Wildman–Crippen MR) is 85.7 cm³/mol. The number of hydrogen-bond acceptors (Lipinski definition) is 5. The molecule has 1 heterocycles. The zero-order valence-electron chi connectivity index (χ0n) is 12.8. The van der Waals surface area contributed by atoms with Gasteiger partial charge in [-0.3, -0.25) is 5.32 Å². The number of hydrogen-bond donors (Lipinski definition) is 2. The number of anilines is 2. The summed E-state index contributed by atoms with van der Waals surface area (Å²) in [5, 5.41) is 5.28. The molecular formula is C16H17N3O4. The Hall–Kier alpha value is -3.09. The molecule has 0 aliphatic heterocycles. The Kier molecular flexibility index (Phi) is 5.51. The van der Waals surface area contributed by atoms with Gasteiger partial charge < -0.3 is 14.8 Å². The molecule has 0 radical (unpaired) electrons. The van der Waals surface area contributed by atoms with Gasteiger partial charge in [0.2, 0.25) is 0 Å². The van der Waals surface area contributed by atoms with Crippen molar-refractivity contribution in [2.45, 2.75) is 13.8 Å². The van der Waals surface area contributed by atoms with Gasteiger partial charge in [0.15, 0.2) is 0 Å². The Morgan fingerprint density at radius 3 is 2.52 bits per heavy atom. The zero-order chi connectivity index (χ0) is 16.7. The van der Waals surface area contributed by atoms with E-state index in [9.17, 15) is 9.59 Å². The van der Waals surface area contributed by atoms with Crippen molar-refractivity contribution < 1.29 is 19.1 Å². The van der Waals surface area contributed by atoms with Gasteiger partial charge >= 0.3 is 12.2 Å². The lowest BCUT2D eigenvalue weighted by molar-refractivity contribution is 0.104. The fraction of sp³-hybridized carbons (Fsp3) is 0.188. The number of carbonyl (C=O) groups is 2. The zero-order valence-corrected chi connectivity index (χ0v) is 12.8. The summed E-state index contributed by atoms with van der Waals surface area (Å²) in [6.07, 6.45) is 0.850. The molecule has 0 aliphatic carbocycles. The third-order valence-electron chi connectivity index (χ3n) is 2.73. The fourth-order valence-corrected chi connectivity index (χ4v) is 1.73.